The minimum absolute atomic E-state index is 1.13. The zero-order chi connectivity index (χ0) is 7.65. The molecule has 9 heavy (non-hydrogen) atoms. The first-order chi connectivity index (χ1) is 3.85. The normalized spacial score (nSPS) is 16.3. The first-order valence-corrected chi connectivity index (χ1v) is 3.71. The lowest BCUT2D eigenvalue weighted by atomic mass is 10.4. The van der Waals surface area contributed by atoms with E-state index in [0.717, 1.165) is 0 Å². The molecule has 1 unspecified atom stereocenters. The molecule has 1 N–H and O–H groups in total. The molecule has 6 heteroatoms. The van der Waals surface area contributed by atoms with Crippen molar-refractivity contribution in [2.45, 2.75) is 16.0 Å². The molecule has 0 rings (SSSR count). The largest absolute Gasteiger partial charge is 0.416 e. The highest BCUT2D eigenvalue weighted by atomic mass is 79.9. The van der Waals surface area contributed by atoms with Crippen LogP contribution in [0.15, 0.2) is 0 Å². The molecule has 0 amide bonds. The Balaban J connectivity index is 3.88. The van der Waals surface area contributed by atoms with Gasteiger partial charge in [-0.2, -0.15) is 13.2 Å². The quantitative estimate of drug-likeness (QED) is 0.724. The number of rotatable bonds is 1. The molecule has 1 atom stereocenters. The van der Waals surface area contributed by atoms with Crippen molar-refractivity contribution in [2.24, 2.45) is 0 Å². The highest BCUT2D eigenvalue weighted by molar-refractivity contribution is 9.24. The van der Waals surface area contributed by atoms with Gasteiger partial charge in [-0.3, -0.25) is 0 Å². The van der Waals surface area contributed by atoms with Crippen molar-refractivity contribution in [1.82, 2.24) is 0 Å². The standard InChI is InChI=1S/C3H3Br2F3O/c4-2(5)1(9)3(6,7)8/h1-2,9H. The number of hydrogen-bond acceptors (Lipinski definition) is 1. The predicted molar refractivity (Wildman–Crippen MR) is 33.7 cm³/mol. The number of alkyl halides is 5. The molecular weight excluding hydrogens is 269 g/mol. The van der Waals surface area contributed by atoms with Crippen LogP contribution in [0.25, 0.3) is 0 Å². The summed E-state index contributed by atoms with van der Waals surface area (Å²) in [5.74, 6) is 0. The van der Waals surface area contributed by atoms with E-state index >= 15 is 0 Å². The highest BCUT2D eigenvalue weighted by Crippen LogP contribution is 2.28. The predicted octanol–water partition coefficient (Wildman–Crippen LogP) is 2.03. The van der Waals surface area contributed by atoms with Crippen LogP contribution in [0.2, 0.25) is 0 Å². The van der Waals surface area contributed by atoms with Gasteiger partial charge in [0.25, 0.3) is 0 Å². The van der Waals surface area contributed by atoms with Gasteiger partial charge < -0.3 is 5.11 Å². The van der Waals surface area contributed by atoms with E-state index in [2.05, 4.69) is 31.9 Å². The lowest BCUT2D eigenvalue weighted by molar-refractivity contribution is -0.197. The minimum atomic E-state index is -4.56. The first-order valence-electron chi connectivity index (χ1n) is 1.88. The Morgan fingerprint density at radius 1 is 1.22 bits per heavy atom. The molecule has 56 valence electrons. The van der Waals surface area contributed by atoms with E-state index < -0.39 is 16.0 Å². The molecule has 0 bridgehead atoms. The molecule has 0 fully saturated rings. The Labute approximate surface area is 66.5 Å². The van der Waals surface area contributed by atoms with Gasteiger partial charge in [-0.25, -0.2) is 0 Å². The SMILES string of the molecule is OC(C(Br)Br)C(F)(F)F. The van der Waals surface area contributed by atoms with Gasteiger partial charge in [0.1, 0.15) is 3.74 Å². The Morgan fingerprint density at radius 3 is 1.56 bits per heavy atom. The van der Waals surface area contributed by atoms with Crippen LogP contribution >= 0.6 is 31.9 Å². The summed E-state index contributed by atoms with van der Waals surface area (Å²) in [5.41, 5.74) is 0. The van der Waals surface area contributed by atoms with Crippen molar-refractivity contribution in [2.75, 3.05) is 0 Å². The summed E-state index contributed by atoms with van der Waals surface area (Å²) in [6.45, 7) is 0. The van der Waals surface area contributed by atoms with Crippen molar-refractivity contribution < 1.29 is 18.3 Å². The van der Waals surface area contributed by atoms with Gasteiger partial charge in [-0.1, -0.05) is 31.9 Å². The summed E-state index contributed by atoms with van der Waals surface area (Å²) in [6, 6.07) is 0. The maximum atomic E-state index is 11.4. The number of halogens is 5. The van der Waals surface area contributed by atoms with Gasteiger partial charge in [0.2, 0.25) is 0 Å². The molecule has 0 aromatic carbocycles. The number of aliphatic hydroxyl groups excluding tert-OH is 1. The Kier molecular flexibility index (Phi) is 3.46. The third-order valence-electron chi connectivity index (χ3n) is 0.574. The summed E-state index contributed by atoms with van der Waals surface area (Å²) in [7, 11) is 0. The van der Waals surface area contributed by atoms with Gasteiger partial charge >= 0.3 is 6.18 Å². The second kappa shape index (κ2) is 3.21. The van der Waals surface area contributed by atoms with E-state index in [1.807, 2.05) is 0 Å². The average molecular weight is 272 g/mol. The summed E-state index contributed by atoms with van der Waals surface area (Å²) in [4.78, 5) is 0. The number of hydrogen-bond donors (Lipinski definition) is 1. The fourth-order valence-corrected chi connectivity index (χ4v) is 0.742. The smallest absolute Gasteiger partial charge is 0.382 e. The lowest BCUT2D eigenvalue weighted by Crippen LogP contribution is -2.33. The molecule has 0 spiro atoms. The Bertz CT molecular complexity index is 91.5. The van der Waals surface area contributed by atoms with Gasteiger partial charge in [0, 0.05) is 0 Å². The Hall–Kier alpha value is 0.710. The second-order valence-corrected chi connectivity index (χ2v) is 4.52. The van der Waals surface area contributed by atoms with Gasteiger partial charge in [-0.05, 0) is 0 Å². The third kappa shape index (κ3) is 3.42. The number of aliphatic hydroxyl groups is 1. The van der Waals surface area contributed by atoms with Gasteiger partial charge in [0.15, 0.2) is 6.10 Å². The first kappa shape index (κ1) is 9.71. The van der Waals surface area contributed by atoms with E-state index in [0.29, 0.717) is 0 Å². The molecule has 0 aromatic rings. The molecule has 0 aliphatic rings. The fraction of sp³-hybridized carbons (Fsp3) is 1.00. The molecule has 1 nitrogen and oxygen atoms in total. The van der Waals surface area contributed by atoms with Crippen LogP contribution < -0.4 is 0 Å². The van der Waals surface area contributed by atoms with Crippen LogP contribution in [-0.2, 0) is 0 Å². The fourth-order valence-electron chi connectivity index (χ4n) is 0.143. The third-order valence-corrected chi connectivity index (χ3v) is 1.58. The van der Waals surface area contributed by atoms with Crippen molar-refractivity contribution in [1.29, 1.82) is 0 Å². The summed E-state index contributed by atoms with van der Waals surface area (Å²) < 4.78 is 33.0. The minimum Gasteiger partial charge on any atom is -0.382 e. The van der Waals surface area contributed by atoms with Crippen LogP contribution in [0, 0.1) is 0 Å². The summed E-state index contributed by atoms with van der Waals surface area (Å²) >= 11 is 5.04. The molecule has 0 saturated carbocycles. The van der Waals surface area contributed by atoms with Crippen molar-refractivity contribution >= 4 is 31.9 Å². The molecule has 0 aliphatic carbocycles. The van der Waals surface area contributed by atoms with Crippen LogP contribution in [-0.4, -0.2) is 21.1 Å². The zero-order valence-electron chi connectivity index (χ0n) is 3.99. The van der Waals surface area contributed by atoms with Crippen molar-refractivity contribution in [3.05, 3.63) is 0 Å². The van der Waals surface area contributed by atoms with E-state index in [4.69, 9.17) is 5.11 Å². The monoisotopic (exact) mass is 270 g/mol. The van der Waals surface area contributed by atoms with Crippen LogP contribution in [0.5, 0.6) is 0 Å². The second-order valence-electron chi connectivity index (χ2n) is 1.32. The summed E-state index contributed by atoms with van der Waals surface area (Å²) in [6.07, 6.45) is -6.91. The van der Waals surface area contributed by atoms with E-state index in [-0.39, 0.29) is 0 Å². The van der Waals surface area contributed by atoms with Crippen molar-refractivity contribution in [3.63, 3.8) is 0 Å². The molecule has 0 aromatic heterocycles. The molecule has 0 radical (unpaired) electrons. The maximum Gasteiger partial charge on any atom is 0.416 e. The molecule has 0 aliphatic heterocycles. The highest BCUT2D eigenvalue weighted by Gasteiger charge is 2.41. The topological polar surface area (TPSA) is 20.2 Å². The van der Waals surface area contributed by atoms with Crippen LogP contribution in [0.1, 0.15) is 0 Å². The molecular formula is C3H3Br2F3O. The molecule has 0 saturated heterocycles. The van der Waals surface area contributed by atoms with Crippen molar-refractivity contribution in [3.8, 4) is 0 Å². The van der Waals surface area contributed by atoms with Crippen LogP contribution in [0.4, 0.5) is 13.2 Å². The van der Waals surface area contributed by atoms with Crippen LogP contribution in [0.3, 0.4) is 0 Å². The Morgan fingerprint density at radius 2 is 1.56 bits per heavy atom. The summed E-state index contributed by atoms with van der Waals surface area (Å²) in [5, 5.41) is 8.24. The van der Waals surface area contributed by atoms with Gasteiger partial charge in [0.05, 0.1) is 0 Å². The zero-order valence-corrected chi connectivity index (χ0v) is 7.16. The van der Waals surface area contributed by atoms with E-state index in [9.17, 15) is 13.2 Å². The van der Waals surface area contributed by atoms with Gasteiger partial charge in [-0.15, -0.1) is 0 Å². The van der Waals surface area contributed by atoms with E-state index in [1.165, 1.54) is 0 Å². The average Bonchev–Trinajstić information content (AvgIpc) is 1.62. The maximum absolute atomic E-state index is 11.4. The molecule has 0 heterocycles. The lowest BCUT2D eigenvalue weighted by Gasteiger charge is -2.14. The van der Waals surface area contributed by atoms with E-state index in [1.54, 1.807) is 0 Å².